The SMILES string of the molecule is C=CC=C(C)C(=COC)C(=O)OC. The predicted octanol–water partition coefficient (Wildman–Crippen LogP) is 1.82. The van der Waals surface area contributed by atoms with Crippen LogP contribution < -0.4 is 0 Å². The number of rotatable bonds is 4. The van der Waals surface area contributed by atoms with Crippen LogP contribution in [0.2, 0.25) is 0 Å². The monoisotopic (exact) mass is 182 g/mol. The van der Waals surface area contributed by atoms with E-state index < -0.39 is 5.97 Å². The van der Waals surface area contributed by atoms with E-state index in [0.717, 1.165) is 5.57 Å². The number of allylic oxidation sites excluding steroid dienone is 2. The number of esters is 1. The summed E-state index contributed by atoms with van der Waals surface area (Å²) in [6, 6.07) is 0. The normalized spacial score (nSPS) is 12.2. The molecule has 0 radical (unpaired) electrons. The van der Waals surface area contributed by atoms with Gasteiger partial charge in [0.1, 0.15) is 0 Å². The zero-order valence-corrected chi connectivity index (χ0v) is 8.16. The molecular formula is C10H14O3. The fourth-order valence-corrected chi connectivity index (χ4v) is 0.796. The Morgan fingerprint density at radius 2 is 2.00 bits per heavy atom. The number of hydrogen-bond donors (Lipinski definition) is 0. The highest BCUT2D eigenvalue weighted by atomic mass is 16.5. The quantitative estimate of drug-likeness (QED) is 0.288. The van der Waals surface area contributed by atoms with Gasteiger partial charge in [0.15, 0.2) is 0 Å². The lowest BCUT2D eigenvalue weighted by Crippen LogP contribution is -2.06. The lowest BCUT2D eigenvalue weighted by atomic mass is 10.1. The van der Waals surface area contributed by atoms with Gasteiger partial charge in [0.25, 0.3) is 0 Å². The van der Waals surface area contributed by atoms with E-state index in [-0.39, 0.29) is 0 Å². The Morgan fingerprint density at radius 3 is 2.38 bits per heavy atom. The van der Waals surface area contributed by atoms with Crippen LogP contribution in [-0.2, 0) is 14.3 Å². The van der Waals surface area contributed by atoms with Crippen LogP contribution in [0.4, 0.5) is 0 Å². The molecule has 0 aliphatic rings. The first-order valence-electron chi connectivity index (χ1n) is 3.78. The first-order chi connectivity index (χ1) is 6.17. The summed E-state index contributed by atoms with van der Waals surface area (Å²) >= 11 is 0. The van der Waals surface area contributed by atoms with Crippen LogP contribution in [0.5, 0.6) is 0 Å². The minimum absolute atomic E-state index is 0.393. The summed E-state index contributed by atoms with van der Waals surface area (Å²) in [7, 11) is 2.80. The van der Waals surface area contributed by atoms with Gasteiger partial charge in [-0.1, -0.05) is 18.7 Å². The topological polar surface area (TPSA) is 35.5 Å². The van der Waals surface area contributed by atoms with Crippen molar-refractivity contribution in [1.82, 2.24) is 0 Å². The van der Waals surface area contributed by atoms with E-state index in [0.29, 0.717) is 5.57 Å². The molecular weight excluding hydrogens is 168 g/mol. The van der Waals surface area contributed by atoms with Crippen molar-refractivity contribution < 1.29 is 14.3 Å². The van der Waals surface area contributed by atoms with E-state index in [1.54, 1.807) is 19.1 Å². The van der Waals surface area contributed by atoms with Crippen LogP contribution >= 0.6 is 0 Å². The molecule has 0 amide bonds. The van der Waals surface area contributed by atoms with Crippen LogP contribution in [0, 0.1) is 0 Å². The summed E-state index contributed by atoms with van der Waals surface area (Å²) in [5.41, 5.74) is 1.15. The molecule has 0 rings (SSSR count). The van der Waals surface area contributed by atoms with Crippen molar-refractivity contribution in [1.29, 1.82) is 0 Å². The Morgan fingerprint density at radius 1 is 1.38 bits per heavy atom. The fraction of sp³-hybridized carbons (Fsp3) is 0.300. The number of methoxy groups -OCH3 is 2. The Balaban J connectivity index is 4.82. The van der Waals surface area contributed by atoms with Gasteiger partial charge in [-0.05, 0) is 12.5 Å². The molecule has 0 aromatic rings. The van der Waals surface area contributed by atoms with Gasteiger partial charge in [0.2, 0.25) is 0 Å². The van der Waals surface area contributed by atoms with Crippen LogP contribution in [-0.4, -0.2) is 20.2 Å². The number of carbonyl (C=O) groups excluding carboxylic acids is 1. The van der Waals surface area contributed by atoms with Gasteiger partial charge >= 0.3 is 5.97 Å². The second kappa shape index (κ2) is 6.06. The number of hydrogen-bond acceptors (Lipinski definition) is 3. The summed E-state index contributed by atoms with van der Waals surface area (Å²) in [6.07, 6.45) is 4.66. The fourth-order valence-electron chi connectivity index (χ4n) is 0.796. The molecule has 13 heavy (non-hydrogen) atoms. The molecule has 0 aliphatic heterocycles. The molecule has 0 bridgehead atoms. The van der Waals surface area contributed by atoms with Crippen molar-refractivity contribution in [2.24, 2.45) is 0 Å². The maximum Gasteiger partial charge on any atom is 0.341 e. The molecule has 0 saturated heterocycles. The van der Waals surface area contributed by atoms with E-state index in [2.05, 4.69) is 11.3 Å². The van der Waals surface area contributed by atoms with Crippen molar-refractivity contribution >= 4 is 5.97 Å². The van der Waals surface area contributed by atoms with Crippen LogP contribution in [0.25, 0.3) is 0 Å². The minimum atomic E-state index is -0.419. The van der Waals surface area contributed by atoms with Gasteiger partial charge in [-0.2, -0.15) is 0 Å². The zero-order valence-electron chi connectivity index (χ0n) is 8.16. The maximum atomic E-state index is 11.2. The van der Waals surface area contributed by atoms with Gasteiger partial charge in [-0.25, -0.2) is 4.79 Å². The molecule has 0 aromatic heterocycles. The molecule has 0 fully saturated rings. The van der Waals surface area contributed by atoms with Crippen LogP contribution in [0.3, 0.4) is 0 Å². The highest BCUT2D eigenvalue weighted by Crippen LogP contribution is 2.10. The molecule has 72 valence electrons. The molecule has 0 aliphatic carbocycles. The third-order valence-electron chi connectivity index (χ3n) is 1.43. The summed E-state index contributed by atoms with van der Waals surface area (Å²) in [5.74, 6) is -0.419. The van der Waals surface area contributed by atoms with Gasteiger partial charge in [0.05, 0.1) is 26.1 Å². The highest BCUT2D eigenvalue weighted by Gasteiger charge is 2.11. The molecule has 3 nitrogen and oxygen atoms in total. The second-order valence-electron chi connectivity index (χ2n) is 2.34. The van der Waals surface area contributed by atoms with Gasteiger partial charge < -0.3 is 9.47 Å². The number of carbonyl (C=O) groups is 1. The lowest BCUT2D eigenvalue weighted by Gasteiger charge is -2.04. The molecule has 0 saturated carbocycles. The van der Waals surface area contributed by atoms with E-state index in [1.807, 2.05) is 0 Å². The standard InChI is InChI=1S/C10H14O3/c1-5-6-8(2)9(7-12-3)10(11)13-4/h5-7H,1H2,2-4H3. The summed E-state index contributed by atoms with van der Waals surface area (Å²) < 4.78 is 9.33. The van der Waals surface area contributed by atoms with E-state index >= 15 is 0 Å². The Hall–Kier alpha value is -1.51. The van der Waals surface area contributed by atoms with Crippen LogP contribution in [0.1, 0.15) is 6.92 Å². The smallest absolute Gasteiger partial charge is 0.341 e. The van der Waals surface area contributed by atoms with E-state index in [4.69, 9.17) is 4.74 Å². The average molecular weight is 182 g/mol. The van der Waals surface area contributed by atoms with Gasteiger partial charge in [-0.15, -0.1) is 0 Å². The number of ether oxygens (including phenoxy) is 2. The van der Waals surface area contributed by atoms with E-state index in [1.165, 1.54) is 20.5 Å². The second-order valence-corrected chi connectivity index (χ2v) is 2.34. The minimum Gasteiger partial charge on any atom is -0.503 e. The lowest BCUT2D eigenvalue weighted by molar-refractivity contribution is -0.135. The third-order valence-corrected chi connectivity index (χ3v) is 1.43. The summed E-state index contributed by atoms with van der Waals surface area (Å²) in [4.78, 5) is 11.2. The van der Waals surface area contributed by atoms with Crippen molar-refractivity contribution in [3.63, 3.8) is 0 Å². The van der Waals surface area contributed by atoms with Crippen molar-refractivity contribution in [2.45, 2.75) is 6.92 Å². The summed E-state index contributed by atoms with van der Waals surface area (Å²) in [6.45, 7) is 5.31. The maximum absolute atomic E-state index is 11.2. The Bertz CT molecular complexity index is 249. The Kier molecular flexibility index (Phi) is 5.35. The summed E-state index contributed by atoms with van der Waals surface area (Å²) in [5, 5.41) is 0. The first-order valence-corrected chi connectivity index (χ1v) is 3.78. The molecule has 0 N–H and O–H groups in total. The van der Waals surface area contributed by atoms with Gasteiger partial charge in [-0.3, -0.25) is 0 Å². The van der Waals surface area contributed by atoms with Crippen LogP contribution in [0.15, 0.2) is 36.1 Å². The zero-order chi connectivity index (χ0) is 10.3. The Labute approximate surface area is 78.3 Å². The predicted molar refractivity (Wildman–Crippen MR) is 51.1 cm³/mol. The van der Waals surface area contributed by atoms with Gasteiger partial charge in [0, 0.05) is 0 Å². The van der Waals surface area contributed by atoms with Crippen molar-refractivity contribution in [3.05, 3.63) is 36.1 Å². The highest BCUT2D eigenvalue weighted by molar-refractivity contribution is 5.92. The molecule has 0 atom stereocenters. The molecule has 0 heterocycles. The largest absolute Gasteiger partial charge is 0.503 e. The van der Waals surface area contributed by atoms with Crippen molar-refractivity contribution in [3.8, 4) is 0 Å². The van der Waals surface area contributed by atoms with E-state index in [9.17, 15) is 4.79 Å². The molecule has 3 heteroatoms. The third kappa shape index (κ3) is 3.60. The van der Waals surface area contributed by atoms with Crippen molar-refractivity contribution in [2.75, 3.05) is 14.2 Å². The molecule has 0 aromatic carbocycles. The average Bonchev–Trinajstić information content (AvgIpc) is 2.13. The molecule has 0 unspecified atom stereocenters. The molecule has 0 spiro atoms. The first kappa shape index (κ1) is 11.5.